The minimum Gasteiger partial charge on any atom is -0.361 e. The van der Waals surface area contributed by atoms with Crippen molar-refractivity contribution in [2.75, 3.05) is 13.6 Å². The minimum absolute atomic E-state index is 0.0655. The van der Waals surface area contributed by atoms with Gasteiger partial charge < -0.3 is 9.42 Å². The Balaban J connectivity index is 1.99. The number of nitrogens with zero attached hydrogens (tertiary/aromatic N) is 2. The second-order valence-electron chi connectivity index (χ2n) is 5.08. The van der Waals surface area contributed by atoms with Gasteiger partial charge >= 0.3 is 0 Å². The van der Waals surface area contributed by atoms with Gasteiger partial charge in [0, 0.05) is 17.6 Å². The summed E-state index contributed by atoms with van der Waals surface area (Å²) in [7, 11) is -2.34. The number of carbonyl (C=O) groups excluding carboxylic acids is 1. The Hall–Kier alpha value is -1.42. The molecule has 0 saturated carbocycles. The maximum Gasteiger partial charge on any atom is 0.242 e. The fourth-order valence-corrected chi connectivity index (χ4v) is 3.90. The monoisotopic (exact) mass is 435 g/mol. The molecule has 0 radical (unpaired) electrons. The van der Waals surface area contributed by atoms with Gasteiger partial charge in [0.2, 0.25) is 15.9 Å². The highest BCUT2D eigenvalue weighted by atomic mass is 79.9. The fourth-order valence-electron chi connectivity index (χ4n) is 1.89. The number of benzene rings is 1. The maximum atomic E-state index is 12.2. The van der Waals surface area contributed by atoms with Crippen molar-refractivity contribution in [2.24, 2.45) is 0 Å². The topological polar surface area (TPSA) is 92.5 Å². The number of hydrogen-bond acceptors (Lipinski definition) is 5. The molecule has 0 spiro atoms. The molecule has 0 atom stereocenters. The number of nitrogens with one attached hydrogen (secondary N) is 1. The number of halogens is 2. The molecule has 1 aromatic carbocycles. The van der Waals surface area contributed by atoms with Crippen LogP contribution in [0.2, 0.25) is 5.02 Å². The normalized spacial score (nSPS) is 11.5. The Kier molecular flexibility index (Phi) is 6.02. The molecule has 1 N–H and O–H groups in total. The third-order valence-electron chi connectivity index (χ3n) is 3.10. The summed E-state index contributed by atoms with van der Waals surface area (Å²) in [5.41, 5.74) is 0.585. The lowest BCUT2D eigenvalue weighted by Gasteiger charge is -2.16. The molecule has 0 unspecified atom stereocenters. The molecule has 10 heteroatoms. The molecule has 1 amide bonds. The van der Waals surface area contributed by atoms with Crippen molar-refractivity contribution in [3.63, 3.8) is 0 Å². The molecule has 2 aromatic rings. The van der Waals surface area contributed by atoms with Gasteiger partial charge in [-0.1, -0.05) is 32.7 Å². The summed E-state index contributed by atoms with van der Waals surface area (Å²) < 4.78 is 32.3. The molecule has 0 aliphatic carbocycles. The third kappa shape index (κ3) is 4.79. The summed E-state index contributed by atoms with van der Waals surface area (Å²) in [5, 5.41) is 3.85. The molecule has 130 valence electrons. The number of carbonyl (C=O) groups is 1. The third-order valence-corrected chi connectivity index (χ3v) is 5.48. The summed E-state index contributed by atoms with van der Waals surface area (Å²) in [4.78, 5) is 13.3. The number of amides is 1. The first-order valence-corrected chi connectivity index (χ1v) is 9.45. The molecule has 1 heterocycles. The Bertz CT molecular complexity index is 853. The lowest BCUT2D eigenvalue weighted by Crippen LogP contribution is -2.37. The van der Waals surface area contributed by atoms with Crippen molar-refractivity contribution in [3.05, 3.63) is 45.2 Å². The maximum absolute atomic E-state index is 12.2. The molecular weight excluding hydrogens is 422 g/mol. The van der Waals surface area contributed by atoms with Crippen LogP contribution >= 0.6 is 27.5 Å². The second-order valence-corrected chi connectivity index (χ2v) is 8.14. The van der Waals surface area contributed by atoms with Crippen LogP contribution in [0.1, 0.15) is 11.5 Å². The Labute approximate surface area is 153 Å². The molecule has 0 aliphatic heterocycles. The minimum atomic E-state index is -3.89. The molecule has 0 saturated heterocycles. The van der Waals surface area contributed by atoms with E-state index in [0.29, 0.717) is 15.9 Å². The van der Waals surface area contributed by atoms with E-state index in [2.05, 4.69) is 25.8 Å². The van der Waals surface area contributed by atoms with E-state index in [-0.39, 0.29) is 23.0 Å². The van der Waals surface area contributed by atoms with Crippen LogP contribution in [0.4, 0.5) is 0 Å². The number of likely N-dealkylation sites (N-methyl/N-ethyl adjacent to an activating group) is 1. The average Bonchev–Trinajstić information content (AvgIpc) is 2.89. The standard InChI is InChI=1S/C14H15BrClN3O4S/c1-9-5-11(18-23-9)8-19(2)14(20)7-17-24(21,22)13-4-3-10(15)6-12(13)16/h3-6,17H,7-8H2,1-2H3. The lowest BCUT2D eigenvalue weighted by molar-refractivity contribution is -0.129. The van der Waals surface area contributed by atoms with Gasteiger partial charge in [-0.05, 0) is 25.1 Å². The average molecular weight is 437 g/mol. The van der Waals surface area contributed by atoms with Crippen molar-refractivity contribution in [1.82, 2.24) is 14.8 Å². The van der Waals surface area contributed by atoms with Gasteiger partial charge in [0.05, 0.1) is 18.1 Å². The highest BCUT2D eigenvalue weighted by Gasteiger charge is 2.20. The van der Waals surface area contributed by atoms with Crippen molar-refractivity contribution >= 4 is 43.5 Å². The SMILES string of the molecule is Cc1cc(CN(C)C(=O)CNS(=O)(=O)c2ccc(Br)cc2Cl)no1. The quantitative estimate of drug-likeness (QED) is 0.750. The van der Waals surface area contributed by atoms with Gasteiger partial charge in [-0.3, -0.25) is 4.79 Å². The van der Waals surface area contributed by atoms with Crippen LogP contribution < -0.4 is 4.72 Å². The summed E-state index contributed by atoms with van der Waals surface area (Å²) in [5.74, 6) is 0.226. The zero-order valence-electron chi connectivity index (χ0n) is 12.9. The van der Waals surface area contributed by atoms with Crippen molar-refractivity contribution in [1.29, 1.82) is 0 Å². The van der Waals surface area contributed by atoms with Crippen LogP contribution in [0.25, 0.3) is 0 Å². The van der Waals surface area contributed by atoms with Crippen LogP contribution in [0.15, 0.2) is 38.2 Å². The predicted molar refractivity (Wildman–Crippen MR) is 92.1 cm³/mol. The van der Waals surface area contributed by atoms with E-state index in [4.69, 9.17) is 16.1 Å². The zero-order valence-corrected chi connectivity index (χ0v) is 16.1. The first kappa shape index (κ1) is 18.9. The first-order chi connectivity index (χ1) is 11.2. The summed E-state index contributed by atoms with van der Waals surface area (Å²) in [6.45, 7) is 1.58. The van der Waals surface area contributed by atoms with Crippen molar-refractivity contribution in [3.8, 4) is 0 Å². The molecule has 7 nitrogen and oxygen atoms in total. The van der Waals surface area contributed by atoms with Crippen molar-refractivity contribution in [2.45, 2.75) is 18.4 Å². The largest absolute Gasteiger partial charge is 0.361 e. The summed E-state index contributed by atoms with van der Waals surface area (Å²) in [6, 6.07) is 6.09. The highest BCUT2D eigenvalue weighted by molar-refractivity contribution is 9.10. The Morgan fingerprint density at radius 2 is 2.12 bits per heavy atom. The molecule has 1 aromatic heterocycles. The van der Waals surface area contributed by atoms with Crippen LogP contribution in [-0.4, -0.2) is 38.0 Å². The van der Waals surface area contributed by atoms with E-state index in [1.165, 1.54) is 17.0 Å². The van der Waals surface area contributed by atoms with Crippen LogP contribution in [-0.2, 0) is 21.4 Å². The number of rotatable bonds is 6. The molecule has 2 rings (SSSR count). The van der Waals surface area contributed by atoms with E-state index >= 15 is 0 Å². The molecule has 0 fully saturated rings. The van der Waals surface area contributed by atoms with E-state index in [1.807, 2.05) is 0 Å². The summed E-state index contributed by atoms with van der Waals surface area (Å²) in [6.07, 6.45) is 0. The summed E-state index contributed by atoms with van der Waals surface area (Å²) >= 11 is 9.14. The Morgan fingerprint density at radius 1 is 1.42 bits per heavy atom. The highest BCUT2D eigenvalue weighted by Crippen LogP contribution is 2.24. The first-order valence-electron chi connectivity index (χ1n) is 6.80. The van der Waals surface area contributed by atoms with Crippen molar-refractivity contribution < 1.29 is 17.7 Å². The van der Waals surface area contributed by atoms with Gasteiger partial charge in [-0.2, -0.15) is 0 Å². The van der Waals surface area contributed by atoms with E-state index in [0.717, 1.165) is 0 Å². The van der Waals surface area contributed by atoms with Gasteiger partial charge in [0.1, 0.15) is 16.3 Å². The number of aromatic nitrogens is 1. The van der Waals surface area contributed by atoms with Gasteiger partial charge in [-0.15, -0.1) is 0 Å². The Morgan fingerprint density at radius 3 is 2.71 bits per heavy atom. The fraction of sp³-hybridized carbons (Fsp3) is 0.286. The molecular formula is C14H15BrClN3O4S. The smallest absolute Gasteiger partial charge is 0.242 e. The van der Waals surface area contributed by atoms with Crippen LogP contribution in [0.3, 0.4) is 0 Å². The van der Waals surface area contributed by atoms with Crippen LogP contribution in [0, 0.1) is 6.92 Å². The van der Waals surface area contributed by atoms with E-state index < -0.39 is 15.9 Å². The van der Waals surface area contributed by atoms with E-state index in [9.17, 15) is 13.2 Å². The van der Waals surface area contributed by atoms with E-state index in [1.54, 1.807) is 26.1 Å². The van der Waals surface area contributed by atoms with Gasteiger partial charge in [0.15, 0.2) is 0 Å². The van der Waals surface area contributed by atoms with Gasteiger partial charge in [-0.25, -0.2) is 13.1 Å². The zero-order chi connectivity index (χ0) is 17.9. The molecule has 24 heavy (non-hydrogen) atoms. The van der Waals surface area contributed by atoms with Gasteiger partial charge in [0.25, 0.3) is 0 Å². The van der Waals surface area contributed by atoms with Crippen LogP contribution in [0.5, 0.6) is 0 Å². The number of hydrogen-bond donors (Lipinski definition) is 1. The number of aryl methyl sites for hydroxylation is 1. The lowest BCUT2D eigenvalue weighted by atomic mass is 10.3. The molecule has 0 aliphatic rings. The molecule has 0 bridgehead atoms. The number of sulfonamides is 1. The predicted octanol–water partition coefficient (Wildman–Crippen LogP) is 2.34. The second kappa shape index (κ2) is 7.64.